The molecule has 0 saturated heterocycles. The summed E-state index contributed by atoms with van der Waals surface area (Å²) in [4.78, 5) is 23.3. The first kappa shape index (κ1) is 12.2. The van der Waals surface area contributed by atoms with E-state index in [0.29, 0.717) is 5.57 Å². The van der Waals surface area contributed by atoms with Crippen LogP contribution >= 0.6 is 0 Å². The normalized spacial score (nSPS) is 31.6. The van der Waals surface area contributed by atoms with Crippen LogP contribution < -0.4 is 0 Å². The molecule has 0 aromatic rings. The van der Waals surface area contributed by atoms with Gasteiger partial charge in [-0.25, -0.2) is 0 Å². The minimum Gasteiger partial charge on any atom is -0.465 e. The maximum absolute atomic E-state index is 11.9. The molecule has 0 fully saturated rings. The van der Waals surface area contributed by atoms with Crippen molar-refractivity contribution in [2.45, 2.75) is 25.9 Å². The lowest BCUT2D eigenvalue weighted by Crippen LogP contribution is -2.43. The zero-order valence-corrected chi connectivity index (χ0v) is 10.1. The van der Waals surface area contributed by atoms with Crippen LogP contribution in [0.1, 0.15) is 20.3 Å². The number of nitrogens with zero attached hydrogens (tertiary/aromatic N) is 1. The number of nitriles is 1. The average molecular weight is 244 g/mol. The number of allylic oxidation sites excluding steroid dienone is 2. The molecule has 1 N–H and O–H groups in total. The van der Waals surface area contributed by atoms with Gasteiger partial charge in [-0.1, -0.05) is 0 Å². The summed E-state index contributed by atoms with van der Waals surface area (Å²) in [5, 5.41) is 16.6. The van der Waals surface area contributed by atoms with Crippen molar-refractivity contribution in [3.63, 3.8) is 0 Å². The van der Waals surface area contributed by atoms with Gasteiger partial charge in [0.15, 0.2) is 11.6 Å². The first-order chi connectivity index (χ1) is 8.40. The third-order valence-corrected chi connectivity index (χ3v) is 3.62. The van der Waals surface area contributed by atoms with Crippen LogP contribution in [0.25, 0.3) is 0 Å². The van der Waals surface area contributed by atoms with Gasteiger partial charge in [0, 0.05) is 6.42 Å². The van der Waals surface area contributed by atoms with Crippen molar-refractivity contribution in [3.8, 4) is 6.07 Å². The molecule has 2 atom stereocenters. The van der Waals surface area contributed by atoms with E-state index in [1.165, 1.54) is 12.2 Å². The molecule has 0 unspecified atom stereocenters. The summed E-state index contributed by atoms with van der Waals surface area (Å²) in [6, 6.07) is 1.90. The highest BCUT2D eigenvalue weighted by molar-refractivity contribution is 6.08. The molecule has 5 nitrogen and oxygen atoms in total. The van der Waals surface area contributed by atoms with Crippen molar-refractivity contribution in [1.29, 1.82) is 10.7 Å². The first-order valence-electron chi connectivity index (χ1n) is 5.54. The molecule has 0 amide bonds. The van der Waals surface area contributed by atoms with Gasteiger partial charge in [0.2, 0.25) is 5.90 Å². The van der Waals surface area contributed by atoms with E-state index in [4.69, 9.17) is 15.4 Å². The first-order valence-corrected chi connectivity index (χ1v) is 5.54. The Morgan fingerprint density at radius 2 is 2.17 bits per heavy atom. The van der Waals surface area contributed by atoms with Gasteiger partial charge in [-0.15, -0.1) is 0 Å². The summed E-state index contributed by atoms with van der Waals surface area (Å²) >= 11 is 0. The van der Waals surface area contributed by atoms with Gasteiger partial charge in [-0.3, -0.25) is 15.0 Å². The number of hydrogen-bond donors (Lipinski definition) is 1. The summed E-state index contributed by atoms with van der Waals surface area (Å²) in [6.45, 7) is 3.31. The molecule has 18 heavy (non-hydrogen) atoms. The zero-order chi connectivity index (χ0) is 13.5. The van der Waals surface area contributed by atoms with E-state index in [2.05, 4.69) is 0 Å². The second-order valence-corrected chi connectivity index (χ2v) is 4.61. The summed E-state index contributed by atoms with van der Waals surface area (Å²) in [6.07, 6.45) is 2.55. The second-order valence-electron chi connectivity index (χ2n) is 4.61. The van der Waals surface area contributed by atoms with E-state index in [-0.39, 0.29) is 29.5 Å². The average Bonchev–Trinajstić information content (AvgIpc) is 2.54. The van der Waals surface area contributed by atoms with Crippen molar-refractivity contribution in [3.05, 3.63) is 23.3 Å². The van der Waals surface area contributed by atoms with Crippen LogP contribution in [-0.2, 0) is 14.3 Å². The van der Waals surface area contributed by atoms with E-state index in [9.17, 15) is 9.59 Å². The van der Waals surface area contributed by atoms with Gasteiger partial charge in [0.05, 0.1) is 5.92 Å². The molecule has 0 bridgehead atoms. The highest BCUT2D eigenvalue weighted by Gasteiger charge is 2.49. The Balaban J connectivity index is 2.46. The highest BCUT2D eigenvalue weighted by atomic mass is 16.5. The largest absolute Gasteiger partial charge is 0.465 e. The van der Waals surface area contributed by atoms with Crippen LogP contribution in [0.4, 0.5) is 0 Å². The van der Waals surface area contributed by atoms with Gasteiger partial charge < -0.3 is 4.74 Å². The Bertz CT molecular complexity index is 565. The third kappa shape index (κ3) is 1.58. The maximum atomic E-state index is 11.9. The molecule has 2 rings (SSSR count). The van der Waals surface area contributed by atoms with E-state index in [1.54, 1.807) is 13.8 Å². The van der Waals surface area contributed by atoms with Gasteiger partial charge in [0.25, 0.3) is 0 Å². The number of nitrogens with one attached hydrogen (secondary N) is 1. The lowest BCUT2D eigenvalue weighted by atomic mass is 9.75. The van der Waals surface area contributed by atoms with Gasteiger partial charge in [-0.05, 0) is 31.6 Å². The Kier molecular flexibility index (Phi) is 2.66. The SMILES string of the molecule is CC1=C(C#N)C(=N)O[C@]1(C)[C@@H]1CC(=O)C=CC1=O. The van der Waals surface area contributed by atoms with Crippen LogP contribution in [0, 0.1) is 22.7 Å². The molecule has 0 aromatic carbocycles. The van der Waals surface area contributed by atoms with Crippen LogP contribution in [0.3, 0.4) is 0 Å². The third-order valence-electron chi connectivity index (χ3n) is 3.62. The molecule has 0 spiro atoms. The minimum absolute atomic E-state index is 0.0508. The van der Waals surface area contributed by atoms with Crippen molar-refractivity contribution in [2.24, 2.45) is 5.92 Å². The van der Waals surface area contributed by atoms with Crippen molar-refractivity contribution < 1.29 is 14.3 Å². The van der Waals surface area contributed by atoms with E-state index >= 15 is 0 Å². The molecule has 2 aliphatic rings. The van der Waals surface area contributed by atoms with Crippen LogP contribution in [0.2, 0.25) is 0 Å². The second kappa shape index (κ2) is 3.91. The van der Waals surface area contributed by atoms with Crippen molar-refractivity contribution >= 4 is 17.5 Å². The lowest BCUT2D eigenvalue weighted by molar-refractivity contribution is -0.130. The quantitative estimate of drug-likeness (QED) is 0.752. The molecule has 1 aliphatic heterocycles. The van der Waals surface area contributed by atoms with Gasteiger partial charge >= 0.3 is 0 Å². The van der Waals surface area contributed by atoms with Crippen LogP contribution in [0.5, 0.6) is 0 Å². The number of hydrogen-bond acceptors (Lipinski definition) is 5. The monoisotopic (exact) mass is 244 g/mol. The smallest absolute Gasteiger partial charge is 0.225 e. The minimum atomic E-state index is -1.07. The lowest BCUT2D eigenvalue weighted by Gasteiger charge is -2.33. The fourth-order valence-corrected chi connectivity index (χ4v) is 2.35. The molecule has 0 radical (unpaired) electrons. The number of ketones is 2. The predicted molar refractivity (Wildman–Crippen MR) is 62.8 cm³/mol. The topological polar surface area (TPSA) is 91.0 Å². The molecule has 92 valence electrons. The highest BCUT2D eigenvalue weighted by Crippen LogP contribution is 2.41. The fraction of sp³-hybridized carbons (Fsp3) is 0.385. The Morgan fingerprint density at radius 3 is 2.72 bits per heavy atom. The molecule has 5 heteroatoms. The van der Waals surface area contributed by atoms with Crippen molar-refractivity contribution in [1.82, 2.24) is 0 Å². The van der Waals surface area contributed by atoms with Crippen molar-refractivity contribution in [2.75, 3.05) is 0 Å². The number of carbonyl (C=O) groups is 2. The Hall–Kier alpha value is -2.22. The Labute approximate surface area is 104 Å². The predicted octanol–water partition coefficient (Wildman–Crippen LogP) is 1.31. The summed E-state index contributed by atoms with van der Waals surface area (Å²) < 4.78 is 5.40. The number of carbonyl (C=O) groups excluding carboxylic acids is 2. The zero-order valence-electron chi connectivity index (χ0n) is 10.1. The summed E-state index contributed by atoms with van der Waals surface area (Å²) in [5.41, 5.74) is -0.386. The number of ether oxygens (including phenoxy) is 1. The van der Waals surface area contributed by atoms with E-state index < -0.39 is 11.5 Å². The summed E-state index contributed by atoms with van der Waals surface area (Å²) in [5.74, 6) is -1.24. The molecule has 0 saturated carbocycles. The molecule has 0 aromatic heterocycles. The summed E-state index contributed by atoms with van der Waals surface area (Å²) in [7, 11) is 0. The maximum Gasteiger partial charge on any atom is 0.225 e. The standard InChI is InChI=1S/C13H12N2O3/c1-7-9(6-14)12(15)18-13(7,2)10-5-8(16)3-4-11(10)17/h3-4,10,15H,5H2,1-2H3/t10-,13+/m1/s1. The molecule has 1 aliphatic carbocycles. The Morgan fingerprint density at radius 1 is 1.50 bits per heavy atom. The van der Waals surface area contributed by atoms with E-state index in [1.807, 2.05) is 6.07 Å². The van der Waals surface area contributed by atoms with E-state index in [0.717, 1.165) is 0 Å². The fourth-order valence-electron chi connectivity index (χ4n) is 2.35. The molecule has 1 heterocycles. The van der Waals surface area contributed by atoms with Crippen LogP contribution in [-0.4, -0.2) is 23.1 Å². The van der Waals surface area contributed by atoms with Gasteiger partial charge in [0.1, 0.15) is 17.2 Å². The van der Waals surface area contributed by atoms with Crippen LogP contribution in [0.15, 0.2) is 23.3 Å². The molecular formula is C13H12N2O3. The van der Waals surface area contributed by atoms with Gasteiger partial charge in [-0.2, -0.15) is 5.26 Å². The molecular weight excluding hydrogens is 232 g/mol. The number of rotatable bonds is 1.